The topological polar surface area (TPSA) is 103 Å². The molecule has 0 spiro atoms. The van der Waals surface area contributed by atoms with Gasteiger partial charge in [-0.1, -0.05) is 57.3 Å². The average Bonchev–Trinajstić information content (AvgIpc) is 2.92. The minimum atomic E-state index is -0.465. The molecule has 0 radical (unpaired) electrons. The van der Waals surface area contributed by atoms with Crippen LogP contribution in [-0.2, 0) is 13.2 Å². The van der Waals surface area contributed by atoms with Gasteiger partial charge in [0.2, 0.25) is 0 Å². The molecule has 4 aromatic rings. The summed E-state index contributed by atoms with van der Waals surface area (Å²) in [5, 5.41) is 15.9. The molecular weight excluding hydrogens is 609 g/mol. The van der Waals surface area contributed by atoms with Crippen molar-refractivity contribution in [2.24, 2.45) is 5.10 Å². The maximum atomic E-state index is 12.9. The summed E-state index contributed by atoms with van der Waals surface area (Å²) >= 11 is 15.6. The Balaban J connectivity index is 1.41. The maximum absolute atomic E-state index is 12.9. The molecule has 0 fully saturated rings. The van der Waals surface area contributed by atoms with E-state index < -0.39 is 10.8 Å². The van der Waals surface area contributed by atoms with E-state index in [-0.39, 0.29) is 18.9 Å². The third-order valence-electron chi connectivity index (χ3n) is 5.41. The second-order valence-electron chi connectivity index (χ2n) is 8.11. The van der Waals surface area contributed by atoms with Crippen LogP contribution in [0.4, 0.5) is 5.69 Å². The molecule has 39 heavy (non-hydrogen) atoms. The van der Waals surface area contributed by atoms with Crippen LogP contribution in [0.1, 0.15) is 27.0 Å². The Hall–Kier alpha value is -3.92. The fourth-order valence-electron chi connectivity index (χ4n) is 3.42. The van der Waals surface area contributed by atoms with Crippen molar-refractivity contribution in [1.82, 2.24) is 5.43 Å². The second kappa shape index (κ2) is 13.2. The number of amides is 1. The molecule has 1 N–H and O–H groups in total. The fraction of sp³-hybridized carbons (Fsp3) is 0.0714. The highest BCUT2D eigenvalue weighted by atomic mass is 79.9. The van der Waals surface area contributed by atoms with E-state index in [2.05, 4.69) is 26.5 Å². The lowest BCUT2D eigenvalue weighted by atomic mass is 10.2. The van der Waals surface area contributed by atoms with Crippen molar-refractivity contribution in [3.05, 3.63) is 132 Å². The minimum absolute atomic E-state index is 0.00621. The highest BCUT2D eigenvalue weighted by Crippen LogP contribution is 2.25. The SMILES string of the molecule is O=C(N/N=C/c1cc(Br)ccc1OCc1ccc([N+](=O)[O-])cc1)c1ccccc1OCc1ccc(Cl)cc1Cl. The van der Waals surface area contributed by atoms with Crippen molar-refractivity contribution in [3.63, 3.8) is 0 Å². The lowest BCUT2D eigenvalue weighted by Crippen LogP contribution is -2.18. The molecule has 0 unspecified atom stereocenters. The Kier molecular flexibility index (Phi) is 9.54. The molecule has 8 nitrogen and oxygen atoms in total. The second-order valence-corrected chi connectivity index (χ2v) is 9.87. The van der Waals surface area contributed by atoms with Gasteiger partial charge < -0.3 is 9.47 Å². The van der Waals surface area contributed by atoms with E-state index >= 15 is 0 Å². The third kappa shape index (κ3) is 7.79. The van der Waals surface area contributed by atoms with E-state index in [4.69, 9.17) is 32.7 Å². The van der Waals surface area contributed by atoms with Gasteiger partial charge in [-0.05, 0) is 60.2 Å². The first-order chi connectivity index (χ1) is 18.8. The first-order valence-corrected chi connectivity index (χ1v) is 13.0. The van der Waals surface area contributed by atoms with Crippen LogP contribution in [0.2, 0.25) is 10.0 Å². The van der Waals surface area contributed by atoms with Gasteiger partial charge in [0, 0.05) is 37.8 Å². The Morgan fingerprint density at radius 3 is 2.44 bits per heavy atom. The number of hydrogen-bond acceptors (Lipinski definition) is 6. The predicted molar refractivity (Wildman–Crippen MR) is 154 cm³/mol. The number of para-hydroxylation sites is 1. The summed E-state index contributed by atoms with van der Waals surface area (Å²) < 4.78 is 12.5. The maximum Gasteiger partial charge on any atom is 0.275 e. The van der Waals surface area contributed by atoms with Gasteiger partial charge in [0.25, 0.3) is 11.6 Å². The molecule has 4 aromatic carbocycles. The molecule has 0 bridgehead atoms. The van der Waals surface area contributed by atoms with Gasteiger partial charge in [-0.2, -0.15) is 5.10 Å². The van der Waals surface area contributed by atoms with Crippen LogP contribution < -0.4 is 14.9 Å². The highest BCUT2D eigenvalue weighted by molar-refractivity contribution is 9.10. The number of nitro benzene ring substituents is 1. The first-order valence-electron chi connectivity index (χ1n) is 11.4. The fourth-order valence-corrected chi connectivity index (χ4v) is 4.26. The number of rotatable bonds is 10. The molecule has 0 saturated carbocycles. The van der Waals surface area contributed by atoms with E-state index in [1.165, 1.54) is 18.3 Å². The van der Waals surface area contributed by atoms with Crippen LogP contribution in [0, 0.1) is 10.1 Å². The number of hydrazone groups is 1. The number of non-ortho nitro benzene ring substituents is 1. The van der Waals surface area contributed by atoms with E-state index in [9.17, 15) is 14.9 Å². The predicted octanol–water partition coefficient (Wildman–Crippen LogP) is 7.59. The molecule has 0 saturated heterocycles. The van der Waals surface area contributed by atoms with Crippen molar-refractivity contribution in [2.75, 3.05) is 0 Å². The molecule has 4 rings (SSSR count). The molecule has 0 atom stereocenters. The van der Waals surface area contributed by atoms with Gasteiger partial charge in [-0.25, -0.2) is 5.43 Å². The molecule has 0 heterocycles. The van der Waals surface area contributed by atoms with Crippen molar-refractivity contribution >= 4 is 56.9 Å². The number of carbonyl (C=O) groups is 1. The molecular formula is C28H20BrCl2N3O5. The van der Waals surface area contributed by atoms with Crippen LogP contribution in [0.15, 0.2) is 94.5 Å². The largest absolute Gasteiger partial charge is 0.488 e. The van der Waals surface area contributed by atoms with Crippen LogP contribution in [-0.4, -0.2) is 17.0 Å². The molecule has 198 valence electrons. The number of nitro groups is 1. The lowest BCUT2D eigenvalue weighted by Gasteiger charge is -2.12. The number of halogens is 3. The van der Waals surface area contributed by atoms with Crippen molar-refractivity contribution in [1.29, 1.82) is 0 Å². The van der Waals surface area contributed by atoms with Crippen LogP contribution in [0.3, 0.4) is 0 Å². The van der Waals surface area contributed by atoms with Gasteiger partial charge in [-0.3, -0.25) is 14.9 Å². The molecule has 0 aliphatic rings. The zero-order valence-corrected chi connectivity index (χ0v) is 23.2. The molecule has 0 aliphatic heterocycles. The first kappa shape index (κ1) is 28.1. The summed E-state index contributed by atoms with van der Waals surface area (Å²) in [5.74, 6) is 0.413. The Bertz CT molecular complexity index is 1530. The Labute approximate surface area is 242 Å². The molecule has 1 amide bonds. The van der Waals surface area contributed by atoms with Gasteiger partial charge in [0.15, 0.2) is 0 Å². The van der Waals surface area contributed by atoms with Gasteiger partial charge in [0.05, 0.1) is 16.7 Å². The van der Waals surface area contributed by atoms with E-state index in [1.54, 1.807) is 66.7 Å². The zero-order chi connectivity index (χ0) is 27.8. The van der Waals surface area contributed by atoms with E-state index in [1.807, 2.05) is 6.07 Å². The van der Waals surface area contributed by atoms with Gasteiger partial charge in [-0.15, -0.1) is 0 Å². The van der Waals surface area contributed by atoms with Crippen molar-refractivity contribution in [3.8, 4) is 11.5 Å². The summed E-state index contributed by atoms with van der Waals surface area (Å²) in [6.07, 6.45) is 1.46. The number of nitrogens with one attached hydrogen (secondary N) is 1. The van der Waals surface area contributed by atoms with Crippen LogP contribution in [0.25, 0.3) is 0 Å². The Morgan fingerprint density at radius 1 is 0.949 bits per heavy atom. The van der Waals surface area contributed by atoms with Gasteiger partial charge in [0.1, 0.15) is 24.7 Å². The summed E-state index contributed by atoms with van der Waals surface area (Å²) in [7, 11) is 0. The minimum Gasteiger partial charge on any atom is -0.488 e. The summed E-state index contributed by atoms with van der Waals surface area (Å²) in [5.41, 5.74) is 4.91. The highest BCUT2D eigenvalue weighted by Gasteiger charge is 2.13. The summed E-state index contributed by atoms with van der Waals surface area (Å²) in [6, 6.07) is 23.3. The summed E-state index contributed by atoms with van der Waals surface area (Å²) in [4.78, 5) is 23.3. The number of benzene rings is 4. The van der Waals surface area contributed by atoms with Crippen molar-refractivity contribution < 1.29 is 19.2 Å². The van der Waals surface area contributed by atoms with E-state index in [0.29, 0.717) is 32.7 Å². The smallest absolute Gasteiger partial charge is 0.275 e. The monoisotopic (exact) mass is 627 g/mol. The summed E-state index contributed by atoms with van der Waals surface area (Å²) in [6.45, 7) is 0.340. The van der Waals surface area contributed by atoms with E-state index in [0.717, 1.165) is 15.6 Å². The lowest BCUT2D eigenvalue weighted by molar-refractivity contribution is -0.384. The normalized spacial score (nSPS) is 10.8. The van der Waals surface area contributed by atoms with Gasteiger partial charge >= 0.3 is 0 Å². The van der Waals surface area contributed by atoms with Crippen molar-refractivity contribution in [2.45, 2.75) is 13.2 Å². The number of carbonyl (C=O) groups excluding carboxylic acids is 1. The third-order valence-corrected chi connectivity index (χ3v) is 6.49. The molecule has 0 aliphatic carbocycles. The number of hydrogen-bond donors (Lipinski definition) is 1. The molecule has 0 aromatic heterocycles. The molecule has 11 heteroatoms. The Morgan fingerprint density at radius 2 is 1.69 bits per heavy atom. The van der Waals surface area contributed by atoms with Crippen LogP contribution in [0.5, 0.6) is 11.5 Å². The number of ether oxygens (including phenoxy) is 2. The number of nitrogens with zero attached hydrogens (tertiary/aromatic N) is 2. The standard InChI is InChI=1S/C28H20BrCl2N3O5/c29-21-8-12-26(38-16-18-5-10-23(11-6-18)34(36)37)20(13-21)15-32-33-28(35)24-3-1-2-4-27(24)39-17-19-7-9-22(30)14-25(19)31/h1-15H,16-17H2,(H,33,35)/b32-15+. The average molecular weight is 629 g/mol. The zero-order valence-electron chi connectivity index (χ0n) is 20.1. The van der Waals surface area contributed by atoms with Crippen LogP contribution >= 0.6 is 39.1 Å². The quantitative estimate of drug-likeness (QED) is 0.111.